The van der Waals surface area contributed by atoms with Crippen molar-refractivity contribution in [3.8, 4) is 0 Å². The van der Waals surface area contributed by atoms with Crippen molar-refractivity contribution >= 4 is 28.4 Å². The van der Waals surface area contributed by atoms with Crippen LogP contribution in [0.2, 0.25) is 0 Å². The van der Waals surface area contributed by atoms with E-state index in [0.29, 0.717) is 23.9 Å². The minimum Gasteiger partial charge on any atom is -0.377 e. The highest BCUT2D eigenvalue weighted by Gasteiger charge is 2.29. The number of fused-ring (bicyclic) bond motifs is 1. The minimum atomic E-state index is -0.289. The van der Waals surface area contributed by atoms with Crippen LogP contribution in [-0.2, 0) is 4.74 Å². The second-order valence-corrected chi connectivity index (χ2v) is 9.69. The van der Waals surface area contributed by atoms with E-state index in [1.54, 1.807) is 30.0 Å². The number of benzene rings is 1. The molecule has 2 aliphatic rings. The topological polar surface area (TPSA) is 101 Å². The van der Waals surface area contributed by atoms with Crippen molar-refractivity contribution in [2.45, 2.75) is 49.8 Å². The molecular formula is C24H27N5O3S. The van der Waals surface area contributed by atoms with Crippen molar-refractivity contribution in [2.75, 3.05) is 25.4 Å². The van der Waals surface area contributed by atoms with Crippen LogP contribution in [0.1, 0.15) is 53.3 Å². The molecule has 0 bridgehead atoms. The summed E-state index contributed by atoms with van der Waals surface area (Å²) in [4.78, 5) is 36.7. The molecule has 0 saturated carbocycles. The van der Waals surface area contributed by atoms with E-state index >= 15 is 0 Å². The fourth-order valence-electron chi connectivity index (χ4n) is 4.68. The molecule has 1 amide bonds. The van der Waals surface area contributed by atoms with Gasteiger partial charge in [-0.05, 0) is 44.2 Å². The smallest absolute Gasteiger partial charge is 0.274 e. The van der Waals surface area contributed by atoms with Crippen LogP contribution in [0.4, 0.5) is 0 Å². The number of hydrogen-bond acceptors (Lipinski definition) is 7. The quantitative estimate of drug-likeness (QED) is 0.456. The summed E-state index contributed by atoms with van der Waals surface area (Å²) in [5.74, 6) is 0.844. The number of H-pyrrole nitrogens is 1. The van der Waals surface area contributed by atoms with Gasteiger partial charge < -0.3 is 9.64 Å². The Morgan fingerprint density at radius 2 is 2.09 bits per heavy atom. The molecule has 2 aromatic heterocycles. The number of carbonyl (C=O) groups is 1. The molecule has 1 aromatic carbocycles. The van der Waals surface area contributed by atoms with Gasteiger partial charge >= 0.3 is 0 Å². The Balaban J connectivity index is 1.35. The lowest BCUT2D eigenvalue weighted by atomic mass is 9.92. The van der Waals surface area contributed by atoms with Gasteiger partial charge in [0.15, 0.2) is 10.9 Å². The highest BCUT2D eigenvalue weighted by Crippen LogP contribution is 2.30. The first-order chi connectivity index (χ1) is 16.1. The van der Waals surface area contributed by atoms with Gasteiger partial charge in [-0.3, -0.25) is 9.59 Å². The molecule has 2 saturated heterocycles. The van der Waals surface area contributed by atoms with E-state index in [2.05, 4.69) is 15.2 Å². The third kappa shape index (κ3) is 4.65. The van der Waals surface area contributed by atoms with Crippen LogP contribution in [0.5, 0.6) is 0 Å². The number of aromatic amines is 1. The summed E-state index contributed by atoms with van der Waals surface area (Å²) in [5, 5.41) is 8.40. The number of aryl methyl sites for hydroxylation is 1. The molecular weight excluding hydrogens is 438 g/mol. The van der Waals surface area contributed by atoms with Crippen molar-refractivity contribution in [1.29, 1.82) is 0 Å². The van der Waals surface area contributed by atoms with E-state index in [1.807, 2.05) is 24.1 Å². The molecule has 2 fully saturated rings. The lowest BCUT2D eigenvalue weighted by molar-refractivity contribution is 0.0700. The highest BCUT2D eigenvalue weighted by atomic mass is 32.2. The van der Waals surface area contributed by atoms with Gasteiger partial charge in [-0.25, -0.2) is 15.1 Å². The summed E-state index contributed by atoms with van der Waals surface area (Å²) in [5.41, 5.74) is 2.06. The number of piperidine rings is 1. The Hall–Kier alpha value is -2.78. The minimum absolute atomic E-state index is 0.141. The molecule has 2 aliphatic heterocycles. The average Bonchev–Trinajstić information content (AvgIpc) is 3.37. The van der Waals surface area contributed by atoms with Crippen molar-refractivity contribution in [2.24, 2.45) is 0 Å². The van der Waals surface area contributed by atoms with Crippen molar-refractivity contribution in [1.82, 2.24) is 25.1 Å². The molecule has 2 atom stereocenters. The molecule has 8 nitrogen and oxygen atoms in total. The fraction of sp³-hybridized carbons (Fsp3) is 0.458. The Morgan fingerprint density at radius 3 is 2.91 bits per heavy atom. The predicted octanol–water partition coefficient (Wildman–Crippen LogP) is 3.31. The normalized spacial score (nSPS) is 20.9. The lowest BCUT2D eigenvalue weighted by Crippen LogP contribution is -2.40. The van der Waals surface area contributed by atoms with Crippen LogP contribution in [-0.4, -0.2) is 62.5 Å². The predicted molar refractivity (Wildman–Crippen MR) is 127 cm³/mol. The van der Waals surface area contributed by atoms with Crippen LogP contribution in [0.3, 0.4) is 0 Å². The van der Waals surface area contributed by atoms with Gasteiger partial charge in [-0.15, -0.1) is 0 Å². The van der Waals surface area contributed by atoms with E-state index in [-0.39, 0.29) is 29.2 Å². The number of nitrogens with one attached hydrogen (secondary N) is 1. The highest BCUT2D eigenvalue weighted by molar-refractivity contribution is 7.99. The summed E-state index contributed by atoms with van der Waals surface area (Å²) in [6.45, 7) is 4.11. The number of amides is 1. The van der Waals surface area contributed by atoms with Gasteiger partial charge in [0.05, 0.1) is 17.2 Å². The summed E-state index contributed by atoms with van der Waals surface area (Å²) >= 11 is 1.64. The van der Waals surface area contributed by atoms with Crippen molar-refractivity contribution in [3.05, 3.63) is 57.8 Å². The van der Waals surface area contributed by atoms with E-state index in [4.69, 9.17) is 9.72 Å². The number of ether oxygens (including phenoxy) is 1. The largest absolute Gasteiger partial charge is 0.377 e. The molecule has 0 aliphatic carbocycles. The summed E-state index contributed by atoms with van der Waals surface area (Å²) in [6.07, 6.45) is 6.25. The maximum atomic E-state index is 13.4. The molecule has 0 unspecified atom stereocenters. The van der Waals surface area contributed by atoms with E-state index < -0.39 is 0 Å². The third-order valence-corrected chi connectivity index (χ3v) is 7.40. The van der Waals surface area contributed by atoms with Gasteiger partial charge in [0.1, 0.15) is 0 Å². The van der Waals surface area contributed by atoms with Gasteiger partial charge in [0.2, 0.25) is 0 Å². The second kappa shape index (κ2) is 9.61. The molecule has 0 spiro atoms. The van der Waals surface area contributed by atoms with Gasteiger partial charge in [-0.1, -0.05) is 30.0 Å². The first-order valence-electron chi connectivity index (χ1n) is 11.4. The van der Waals surface area contributed by atoms with Crippen molar-refractivity contribution < 1.29 is 9.53 Å². The summed E-state index contributed by atoms with van der Waals surface area (Å²) in [6, 6.07) is 7.10. The first kappa shape index (κ1) is 22.0. The third-order valence-electron chi connectivity index (χ3n) is 6.41. The first-order valence-corrected chi connectivity index (χ1v) is 12.4. The van der Waals surface area contributed by atoms with E-state index in [1.165, 1.54) is 0 Å². The number of rotatable bonds is 5. The van der Waals surface area contributed by atoms with Crippen LogP contribution in [0.25, 0.3) is 10.8 Å². The number of nitrogens with zero attached hydrogens (tertiary/aromatic N) is 4. The summed E-state index contributed by atoms with van der Waals surface area (Å²) < 4.78 is 5.72. The second-order valence-electron chi connectivity index (χ2n) is 8.70. The number of carbonyl (C=O) groups excluding carboxylic acids is 1. The van der Waals surface area contributed by atoms with Crippen molar-refractivity contribution in [3.63, 3.8) is 0 Å². The zero-order valence-corrected chi connectivity index (χ0v) is 19.4. The van der Waals surface area contributed by atoms with Gasteiger partial charge in [0, 0.05) is 43.0 Å². The maximum absolute atomic E-state index is 13.4. The molecule has 1 N–H and O–H groups in total. The zero-order valence-electron chi connectivity index (χ0n) is 18.6. The lowest BCUT2D eigenvalue weighted by Gasteiger charge is -2.33. The Kier molecular flexibility index (Phi) is 6.41. The Bertz CT molecular complexity index is 1220. The summed E-state index contributed by atoms with van der Waals surface area (Å²) in [7, 11) is 0. The number of thioether (sulfide) groups is 1. The molecule has 0 radical (unpaired) electrons. The standard InChI is InChI=1S/C24H27N5O3S/c1-15-12-25-24(33-14-17-7-5-11-32-17)26-20(15)16-6-4-10-29(13-16)23(31)21-18-8-2-3-9-19(18)22(30)28-27-21/h2-3,8-9,12,16-17H,4-7,10-11,13-14H2,1H3,(H,28,30)/t16-,17-/m1/s1. The number of aromatic nitrogens is 4. The fourth-order valence-corrected chi connectivity index (χ4v) is 5.56. The maximum Gasteiger partial charge on any atom is 0.274 e. The number of likely N-dealkylation sites (tertiary alicyclic amines) is 1. The van der Waals surface area contributed by atoms with Gasteiger partial charge in [-0.2, -0.15) is 5.10 Å². The van der Waals surface area contributed by atoms with E-state index in [9.17, 15) is 9.59 Å². The Morgan fingerprint density at radius 1 is 1.24 bits per heavy atom. The monoisotopic (exact) mass is 465 g/mol. The molecule has 33 heavy (non-hydrogen) atoms. The van der Waals surface area contributed by atoms with Crippen LogP contribution in [0, 0.1) is 6.92 Å². The van der Waals surface area contributed by atoms with E-state index in [0.717, 1.165) is 54.5 Å². The molecule has 3 aromatic rings. The number of hydrogen-bond donors (Lipinski definition) is 1. The van der Waals surface area contributed by atoms with Gasteiger partial charge in [0.25, 0.3) is 11.5 Å². The van der Waals surface area contributed by atoms with Crippen LogP contribution in [0.15, 0.2) is 40.4 Å². The molecule has 4 heterocycles. The average molecular weight is 466 g/mol. The molecule has 9 heteroatoms. The Labute approximate surface area is 196 Å². The zero-order chi connectivity index (χ0) is 22.8. The molecule has 172 valence electrons. The SMILES string of the molecule is Cc1cnc(SC[C@H]2CCCO2)nc1[C@@H]1CCCN(C(=O)c2n[nH]c(=O)c3ccccc23)C1. The van der Waals surface area contributed by atoms with Crippen LogP contribution >= 0.6 is 11.8 Å². The molecule has 5 rings (SSSR count). The van der Waals surface area contributed by atoms with Crippen LogP contribution < -0.4 is 5.56 Å².